The van der Waals surface area contributed by atoms with Crippen LogP contribution in [0.5, 0.6) is 5.75 Å². The van der Waals surface area contributed by atoms with Gasteiger partial charge in [-0.05, 0) is 61.4 Å². The van der Waals surface area contributed by atoms with Crippen LogP contribution >= 0.6 is 11.8 Å². The van der Waals surface area contributed by atoms with Crippen LogP contribution in [0.2, 0.25) is 0 Å². The van der Waals surface area contributed by atoms with Gasteiger partial charge in [-0.25, -0.2) is 4.98 Å². The van der Waals surface area contributed by atoms with Crippen LogP contribution < -0.4 is 15.2 Å². The predicted octanol–water partition coefficient (Wildman–Crippen LogP) is 4.67. The van der Waals surface area contributed by atoms with E-state index in [1.165, 1.54) is 16.3 Å². The van der Waals surface area contributed by atoms with Gasteiger partial charge in [0.05, 0.1) is 29.0 Å². The average molecular weight is 500 g/mol. The minimum atomic E-state index is -0.502. The van der Waals surface area contributed by atoms with E-state index in [4.69, 9.17) is 9.72 Å². The number of methoxy groups -OCH3 is 1. The van der Waals surface area contributed by atoms with Gasteiger partial charge in [0, 0.05) is 30.8 Å². The highest BCUT2D eigenvalue weighted by Crippen LogP contribution is 2.32. The number of ketones is 1. The molecule has 0 spiro atoms. The van der Waals surface area contributed by atoms with Crippen molar-refractivity contribution in [3.8, 4) is 11.4 Å². The summed E-state index contributed by atoms with van der Waals surface area (Å²) in [7, 11) is 1.57. The molecule has 0 radical (unpaired) electrons. The maximum Gasteiger partial charge on any atom is 0.266 e. The smallest absolute Gasteiger partial charge is 0.266 e. The predicted molar refractivity (Wildman–Crippen MR) is 142 cm³/mol. The van der Waals surface area contributed by atoms with E-state index in [9.17, 15) is 14.4 Å². The first kappa shape index (κ1) is 23.8. The standard InChI is InChI=1S/C28H25N3O4S/c1-17(26(33)20-11-12-25-19(15-20)13-14-30(25)18(2)32)36-28-29-24-10-5-4-9-23(24)27(34)31(28)21-7-6-8-22(16-21)35-3/h4-12,15-17H,13-14H2,1-3H3. The van der Waals surface area contributed by atoms with E-state index >= 15 is 0 Å². The Labute approximate surface area is 212 Å². The van der Waals surface area contributed by atoms with Crippen molar-refractivity contribution < 1.29 is 14.3 Å². The number of nitrogens with zero attached hydrogens (tertiary/aromatic N) is 3. The largest absolute Gasteiger partial charge is 0.497 e. The molecule has 0 aliphatic carbocycles. The minimum absolute atomic E-state index is 0.00496. The summed E-state index contributed by atoms with van der Waals surface area (Å²) in [6.45, 7) is 3.99. The molecule has 8 heteroatoms. The van der Waals surface area contributed by atoms with Crippen molar-refractivity contribution >= 4 is 40.0 Å². The molecular formula is C28H25N3O4S. The second kappa shape index (κ2) is 9.62. The first-order valence-corrected chi connectivity index (χ1v) is 12.5. The topological polar surface area (TPSA) is 81.5 Å². The summed E-state index contributed by atoms with van der Waals surface area (Å²) in [5, 5.41) is 0.423. The number of thioether (sulfide) groups is 1. The summed E-state index contributed by atoms with van der Waals surface area (Å²) in [5.74, 6) is 0.545. The number of rotatable bonds is 6. The SMILES string of the molecule is COc1cccc(-n2c(SC(C)C(=O)c3ccc4c(c3)CCN4C(C)=O)nc3ccccc3c2=O)c1. The number of carbonyl (C=O) groups excluding carboxylic acids is 2. The van der Waals surface area contributed by atoms with Crippen LogP contribution in [-0.2, 0) is 11.2 Å². The number of fused-ring (bicyclic) bond motifs is 2. The van der Waals surface area contributed by atoms with Crippen LogP contribution in [0.4, 0.5) is 5.69 Å². The number of para-hydroxylation sites is 1. The molecule has 7 nitrogen and oxygen atoms in total. The summed E-state index contributed by atoms with van der Waals surface area (Å²) in [6, 6.07) is 19.9. The number of benzene rings is 3. The zero-order chi connectivity index (χ0) is 25.4. The Hall–Kier alpha value is -3.91. The molecule has 5 rings (SSSR count). The van der Waals surface area contributed by atoms with Gasteiger partial charge in [0.1, 0.15) is 5.75 Å². The lowest BCUT2D eigenvalue weighted by atomic mass is 10.0. The fourth-order valence-corrected chi connectivity index (χ4v) is 5.50. The lowest BCUT2D eigenvalue weighted by molar-refractivity contribution is -0.116. The monoisotopic (exact) mass is 499 g/mol. The molecule has 1 atom stereocenters. The molecule has 3 aromatic carbocycles. The van der Waals surface area contributed by atoms with Gasteiger partial charge in [-0.15, -0.1) is 0 Å². The molecule has 2 heterocycles. The second-order valence-electron chi connectivity index (χ2n) is 8.64. The molecule has 0 N–H and O–H groups in total. The molecule has 4 aromatic rings. The normalized spacial score (nSPS) is 13.5. The first-order valence-electron chi connectivity index (χ1n) is 11.7. The van der Waals surface area contributed by atoms with Gasteiger partial charge in [0.25, 0.3) is 5.56 Å². The molecule has 1 unspecified atom stereocenters. The van der Waals surface area contributed by atoms with Gasteiger partial charge in [-0.1, -0.05) is 30.0 Å². The minimum Gasteiger partial charge on any atom is -0.497 e. The molecule has 0 bridgehead atoms. The zero-order valence-electron chi connectivity index (χ0n) is 20.2. The Morgan fingerprint density at radius 2 is 1.86 bits per heavy atom. The number of carbonyl (C=O) groups is 2. The van der Waals surface area contributed by atoms with Crippen molar-refractivity contribution in [1.82, 2.24) is 9.55 Å². The number of anilines is 1. The van der Waals surface area contributed by atoms with E-state index in [1.54, 1.807) is 49.3 Å². The first-order chi connectivity index (χ1) is 17.4. The Morgan fingerprint density at radius 3 is 2.64 bits per heavy atom. The fraction of sp³-hybridized carbons (Fsp3) is 0.214. The quantitative estimate of drug-likeness (QED) is 0.218. The summed E-state index contributed by atoms with van der Waals surface area (Å²) < 4.78 is 6.89. The maximum absolute atomic E-state index is 13.5. The van der Waals surface area contributed by atoms with E-state index in [-0.39, 0.29) is 17.2 Å². The van der Waals surface area contributed by atoms with Gasteiger partial charge in [-0.2, -0.15) is 0 Å². The van der Waals surface area contributed by atoms with Crippen molar-refractivity contribution in [2.45, 2.75) is 30.7 Å². The van der Waals surface area contributed by atoms with Crippen LogP contribution in [0.1, 0.15) is 29.8 Å². The van der Waals surface area contributed by atoms with Crippen molar-refractivity contribution in [3.63, 3.8) is 0 Å². The average Bonchev–Trinajstić information content (AvgIpc) is 3.32. The van der Waals surface area contributed by atoms with Gasteiger partial charge in [-0.3, -0.25) is 19.0 Å². The lowest BCUT2D eigenvalue weighted by Gasteiger charge is -2.17. The fourth-order valence-electron chi connectivity index (χ4n) is 4.50. The van der Waals surface area contributed by atoms with Crippen molar-refractivity contribution in [3.05, 3.63) is 88.2 Å². The van der Waals surface area contributed by atoms with E-state index in [0.717, 1.165) is 17.7 Å². The van der Waals surface area contributed by atoms with Crippen LogP contribution in [-0.4, -0.2) is 40.1 Å². The van der Waals surface area contributed by atoms with Crippen LogP contribution in [0.15, 0.2) is 76.7 Å². The van der Waals surface area contributed by atoms with Gasteiger partial charge in [0.2, 0.25) is 5.91 Å². The van der Waals surface area contributed by atoms with Gasteiger partial charge in [0.15, 0.2) is 10.9 Å². The van der Waals surface area contributed by atoms with Crippen molar-refractivity contribution in [2.75, 3.05) is 18.6 Å². The van der Waals surface area contributed by atoms with E-state index in [1.807, 2.05) is 43.3 Å². The van der Waals surface area contributed by atoms with Crippen LogP contribution in [0.25, 0.3) is 16.6 Å². The molecule has 182 valence electrons. The highest BCUT2D eigenvalue weighted by molar-refractivity contribution is 8.00. The lowest BCUT2D eigenvalue weighted by Crippen LogP contribution is -2.25. The molecule has 1 aliphatic rings. The number of Topliss-reactive ketones (excluding diaryl/α,β-unsaturated/α-hetero) is 1. The number of amides is 1. The molecule has 1 aliphatic heterocycles. The van der Waals surface area contributed by atoms with E-state index < -0.39 is 5.25 Å². The highest BCUT2D eigenvalue weighted by atomic mass is 32.2. The molecule has 0 saturated carbocycles. The maximum atomic E-state index is 13.5. The molecule has 0 saturated heterocycles. The second-order valence-corrected chi connectivity index (χ2v) is 9.95. The molecule has 1 amide bonds. The van der Waals surface area contributed by atoms with Gasteiger partial charge < -0.3 is 9.64 Å². The number of ether oxygens (including phenoxy) is 1. The third-order valence-corrected chi connectivity index (χ3v) is 7.40. The van der Waals surface area contributed by atoms with Crippen molar-refractivity contribution in [2.24, 2.45) is 0 Å². The summed E-state index contributed by atoms with van der Waals surface area (Å²) in [5.41, 5.74) is 3.41. The zero-order valence-corrected chi connectivity index (χ0v) is 21.0. The number of aromatic nitrogens is 2. The third kappa shape index (κ3) is 4.28. The van der Waals surface area contributed by atoms with Crippen molar-refractivity contribution in [1.29, 1.82) is 0 Å². The molecule has 0 fully saturated rings. The highest BCUT2D eigenvalue weighted by Gasteiger charge is 2.26. The molecule has 1 aromatic heterocycles. The number of hydrogen-bond acceptors (Lipinski definition) is 6. The summed E-state index contributed by atoms with van der Waals surface area (Å²) in [4.78, 5) is 45.3. The number of hydrogen-bond donors (Lipinski definition) is 0. The van der Waals surface area contributed by atoms with Crippen LogP contribution in [0, 0.1) is 0 Å². The van der Waals surface area contributed by atoms with E-state index in [0.29, 0.717) is 39.6 Å². The van der Waals surface area contributed by atoms with Gasteiger partial charge >= 0.3 is 0 Å². The Bertz CT molecular complexity index is 1560. The molecule has 36 heavy (non-hydrogen) atoms. The third-order valence-electron chi connectivity index (χ3n) is 6.35. The Balaban J connectivity index is 1.52. The summed E-state index contributed by atoms with van der Waals surface area (Å²) in [6.07, 6.45) is 0.721. The molecular weight excluding hydrogens is 474 g/mol. The summed E-state index contributed by atoms with van der Waals surface area (Å²) >= 11 is 1.25. The van der Waals surface area contributed by atoms with Crippen LogP contribution in [0.3, 0.4) is 0 Å². The Morgan fingerprint density at radius 1 is 1.06 bits per heavy atom. The Kier molecular flexibility index (Phi) is 6.36. The van der Waals surface area contributed by atoms with E-state index in [2.05, 4.69) is 0 Å².